The Morgan fingerprint density at radius 3 is 2.74 bits per heavy atom. The first-order valence-corrected chi connectivity index (χ1v) is 6.74. The average Bonchev–Trinajstić information content (AvgIpc) is 3.10. The molecule has 0 radical (unpaired) electrons. The minimum Gasteiger partial charge on any atom is -0.292 e. The Bertz CT molecular complexity index is 674. The summed E-state index contributed by atoms with van der Waals surface area (Å²) in [5.74, 6) is -0.00960. The van der Waals surface area contributed by atoms with Crippen LogP contribution in [0.3, 0.4) is 0 Å². The lowest BCUT2D eigenvalue weighted by Crippen LogP contribution is -2.05. The largest absolute Gasteiger partial charge is 0.292 e. The minimum atomic E-state index is -0.00960. The molecule has 0 amide bonds. The van der Waals surface area contributed by atoms with Crippen molar-refractivity contribution in [3.05, 3.63) is 64.6 Å². The molecule has 0 unspecified atom stereocenters. The number of para-hydroxylation sites is 1. The van der Waals surface area contributed by atoms with E-state index in [4.69, 9.17) is 0 Å². The van der Waals surface area contributed by atoms with E-state index in [9.17, 15) is 4.79 Å². The number of nitrogens with zero attached hydrogens (tertiary/aromatic N) is 3. The van der Waals surface area contributed by atoms with Crippen LogP contribution < -0.4 is 0 Å². The first-order chi connectivity index (χ1) is 9.33. The Balaban J connectivity index is 1.80. The van der Waals surface area contributed by atoms with E-state index >= 15 is 0 Å². The Morgan fingerprint density at radius 1 is 1.16 bits per heavy atom. The lowest BCUT2D eigenvalue weighted by molar-refractivity contribution is 0.0988. The second-order valence-corrected chi connectivity index (χ2v) is 5.07. The SMILES string of the molecule is O=C(Cc1cccs1)c1cnn(-c2ccccc2)n1. The van der Waals surface area contributed by atoms with Gasteiger partial charge >= 0.3 is 0 Å². The highest BCUT2D eigenvalue weighted by Gasteiger charge is 2.12. The van der Waals surface area contributed by atoms with Gasteiger partial charge < -0.3 is 0 Å². The first-order valence-electron chi connectivity index (χ1n) is 5.86. The van der Waals surface area contributed by atoms with Gasteiger partial charge in [0.1, 0.15) is 5.69 Å². The van der Waals surface area contributed by atoms with Crippen LogP contribution in [-0.4, -0.2) is 20.8 Å². The molecule has 19 heavy (non-hydrogen) atoms. The summed E-state index contributed by atoms with van der Waals surface area (Å²) in [4.78, 5) is 14.6. The van der Waals surface area contributed by atoms with E-state index in [0.29, 0.717) is 12.1 Å². The molecule has 0 aliphatic rings. The highest BCUT2D eigenvalue weighted by molar-refractivity contribution is 7.10. The zero-order chi connectivity index (χ0) is 13.1. The predicted molar refractivity (Wildman–Crippen MR) is 73.7 cm³/mol. The molecule has 0 N–H and O–H groups in total. The molecular weight excluding hydrogens is 258 g/mol. The van der Waals surface area contributed by atoms with Crippen LogP contribution in [0.25, 0.3) is 5.69 Å². The van der Waals surface area contributed by atoms with Crippen molar-refractivity contribution in [2.24, 2.45) is 0 Å². The number of hydrogen-bond donors (Lipinski definition) is 0. The van der Waals surface area contributed by atoms with Gasteiger partial charge in [-0.1, -0.05) is 24.3 Å². The molecule has 4 nitrogen and oxygen atoms in total. The zero-order valence-corrected chi connectivity index (χ0v) is 10.9. The summed E-state index contributed by atoms with van der Waals surface area (Å²) in [5, 5.41) is 10.3. The maximum absolute atomic E-state index is 12.0. The van der Waals surface area contributed by atoms with Gasteiger partial charge in [-0.05, 0) is 23.6 Å². The van der Waals surface area contributed by atoms with Gasteiger partial charge in [-0.25, -0.2) is 0 Å². The molecule has 0 saturated heterocycles. The molecule has 5 heteroatoms. The lowest BCUT2D eigenvalue weighted by Gasteiger charge is -1.97. The van der Waals surface area contributed by atoms with Gasteiger partial charge in [-0.15, -0.1) is 16.4 Å². The zero-order valence-electron chi connectivity index (χ0n) is 10.1. The van der Waals surface area contributed by atoms with E-state index in [1.165, 1.54) is 11.0 Å². The fraction of sp³-hybridized carbons (Fsp3) is 0.0714. The van der Waals surface area contributed by atoms with E-state index in [2.05, 4.69) is 10.2 Å². The van der Waals surface area contributed by atoms with E-state index in [1.807, 2.05) is 47.8 Å². The van der Waals surface area contributed by atoms with Crippen LogP contribution >= 0.6 is 11.3 Å². The molecule has 0 bridgehead atoms. The van der Waals surface area contributed by atoms with Gasteiger partial charge in [-0.3, -0.25) is 4.79 Å². The van der Waals surface area contributed by atoms with E-state index in [1.54, 1.807) is 11.3 Å². The van der Waals surface area contributed by atoms with Crippen molar-refractivity contribution in [1.29, 1.82) is 0 Å². The lowest BCUT2D eigenvalue weighted by atomic mass is 10.2. The summed E-state index contributed by atoms with van der Waals surface area (Å²) in [6, 6.07) is 13.4. The van der Waals surface area contributed by atoms with E-state index in [0.717, 1.165) is 10.6 Å². The molecule has 0 atom stereocenters. The molecule has 94 valence electrons. The topological polar surface area (TPSA) is 47.8 Å². The minimum absolute atomic E-state index is 0.00960. The molecule has 0 aliphatic heterocycles. The van der Waals surface area contributed by atoms with Crippen LogP contribution in [0.1, 0.15) is 15.4 Å². The van der Waals surface area contributed by atoms with Gasteiger partial charge in [0.05, 0.1) is 11.9 Å². The average molecular weight is 269 g/mol. The third-order valence-electron chi connectivity index (χ3n) is 2.68. The van der Waals surface area contributed by atoms with Gasteiger partial charge in [0.15, 0.2) is 5.78 Å². The predicted octanol–water partition coefficient (Wildman–Crippen LogP) is 2.75. The molecule has 0 spiro atoms. The van der Waals surface area contributed by atoms with Crippen molar-refractivity contribution in [3.8, 4) is 5.69 Å². The highest BCUT2D eigenvalue weighted by Crippen LogP contribution is 2.12. The summed E-state index contributed by atoms with van der Waals surface area (Å²) in [6.45, 7) is 0. The Kier molecular flexibility index (Phi) is 3.20. The van der Waals surface area contributed by atoms with Gasteiger partial charge in [-0.2, -0.15) is 9.90 Å². The van der Waals surface area contributed by atoms with Crippen LogP contribution in [0, 0.1) is 0 Å². The number of Topliss-reactive ketones (excluding diaryl/α,β-unsaturated/α-hetero) is 1. The Labute approximate surface area is 114 Å². The second kappa shape index (κ2) is 5.16. The third kappa shape index (κ3) is 2.61. The second-order valence-electron chi connectivity index (χ2n) is 4.03. The van der Waals surface area contributed by atoms with E-state index < -0.39 is 0 Å². The maximum Gasteiger partial charge on any atom is 0.189 e. The number of benzene rings is 1. The molecule has 0 saturated carbocycles. The molecule has 2 heterocycles. The van der Waals surface area contributed by atoms with Crippen molar-refractivity contribution in [2.45, 2.75) is 6.42 Å². The number of hydrogen-bond acceptors (Lipinski definition) is 4. The standard InChI is InChI=1S/C14H11N3OS/c18-14(9-12-7-4-8-19-12)13-10-15-17(16-13)11-5-2-1-3-6-11/h1-8,10H,9H2. The summed E-state index contributed by atoms with van der Waals surface area (Å²) in [6.07, 6.45) is 1.90. The van der Waals surface area contributed by atoms with Gasteiger partial charge in [0.2, 0.25) is 0 Å². The van der Waals surface area contributed by atoms with Crippen molar-refractivity contribution in [3.63, 3.8) is 0 Å². The van der Waals surface area contributed by atoms with Crippen molar-refractivity contribution >= 4 is 17.1 Å². The molecule has 3 rings (SSSR count). The molecule has 1 aromatic carbocycles. The van der Waals surface area contributed by atoms with Crippen molar-refractivity contribution in [2.75, 3.05) is 0 Å². The number of aromatic nitrogens is 3. The van der Waals surface area contributed by atoms with Crippen LogP contribution in [0.2, 0.25) is 0 Å². The summed E-state index contributed by atoms with van der Waals surface area (Å²) >= 11 is 1.57. The molecular formula is C14H11N3OS. The van der Waals surface area contributed by atoms with E-state index in [-0.39, 0.29) is 5.78 Å². The monoisotopic (exact) mass is 269 g/mol. The maximum atomic E-state index is 12.0. The normalized spacial score (nSPS) is 10.5. The quantitative estimate of drug-likeness (QED) is 0.684. The van der Waals surface area contributed by atoms with Crippen LogP contribution in [0.4, 0.5) is 0 Å². The Hall–Kier alpha value is -2.27. The summed E-state index contributed by atoms with van der Waals surface area (Å²) < 4.78 is 0. The summed E-state index contributed by atoms with van der Waals surface area (Å²) in [7, 11) is 0. The third-order valence-corrected chi connectivity index (χ3v) is 3.56. The number of ketones is 1. The van der Waals surface area contributed by atoms with Crippen LogP contribution in [0.15, 0.2) is 54.0 Å². The molecule has 3 aromatic rings. The molecule has 0 fully saturated rings. The first kappa shape index (κ1) is 11.8. The molecule has 0 aliphatic carbocycles. The van der Waals surface area contributed by atoms with Crippen LogP contribution in [-0.2, 0) is 6.42 Å². The smallest absolute Gasteiger partial charge is 0.189 e. The molecule has 2 aromatic heterocycles. The van der Waals surface area contributed by atoms with Crippen molar-refractivity contribution in [1.82, 2.24) is 15.0 Å². The van der Waals surface area contributed by atoms with Gasteiger partial charge in [0, 0.05) is 11.3 Å². The number of rotatable bonds is 4. The Morgan fingerprint density at radius 2 is 2.00 bits per heavy atom. The number of thiophene rings is 1. The number of carbonyl (C=O) groups excluding carboxylic acids is 1. The highest BCUT2D eigenvalue weighted by atomic mass is 32.1. The fourth-order valence-electron chi connectivity index (χ4n) is 1.74. The van der Waals surface area contributed by atoms with Gasteiger partial charge in [0.25, 0.3) is 0 Å². The summed E-state index contributed by atoms with van der Waals surface area (Å²) in [5.41, 5.74) is 1.25. The van der Waals surface area contributed by atoms with Crippen LogP contribution in [0.5, 0.6) is 0 Å². The fourth-order valence-corrected chi connectivity index (χ4v) is 2.44. The number of carbonyl (C=O) groups is 1. The van der Waals surface area contributed by atoms with Crippen molar-refractivity contribution < 1.29 is 4.79 Å².